The Bertz CT molecular complexity index is 948. The lowest BCUT2D eigenvalue weighted by molar-refractivity contribution is 0.0937. The molecule has 0 unspecified atom stereocenters. The summed E-state index contributed by atoms with van der Waals surface area (Å²) >= 11 is 0. The zero-order valence-electron chi connectivity index (χ0n) is 14.4. The lowest BCUT2D eigenvalue weighted by Gasteiger charge is -2.34. The lowest BCUT2D eigenvalue weighted by atomic mass is 10.1. The highest BCUT2D eigenvalue weighted by atomic mass is 16.2. The third-order valence-corrected chi connectivity index (χ3v) is 4.42. The van der Waals surface area contributed by atoms with Crippen LogP contribution in [-0.2, 0) is 6.54 Å². The van der Waals surface area contributed by atoms with Crippen LogP contribution in [0, 0.1) is 0 Å². The molecular weight excluding hydrogens is 326 g/mol. The quantitative estimate of drug-likeness (QED) is 0.789. The van der Waals surface area contributed by atoms with E-state index in [1.807, 2.05) is 72.8 Å². The van der Waals surface area contributed by atoms with Crippen molar-refractivity contribution in [3.63, 3.8) is 0 Å². The maximum absolute atomic E-state index is 12.3. The van der Waals surface area contributed by atoms with Crippen LogP contribution in [-0.4, -0.2) is 34.1 Å². The van der Waals surface area contributed by atoms with Gasteiger partial charge in [0.05, 0.1) is 24.0 Å². The van der Waals surface area contributed by atoms with Crippen molar-refractivity contribution in [2.45, 2.75) is 12.7 Å². The summed E-state index contributed by atoms with van der Waals surface area (Å²) < 4.78 is 1.80. The number of aromatic nitrogens is 3. The molecule has 130 valence electrons. The van der Waals surface area contributed by atoms with E-state index in [0.717, 1.165) is 11.4 Å². The SMILES string of the molecule is CN1c2ccccc2C(=O)N[C@@H]1/C=C/c1cn(Cc2ccccc2)nn1. The highest BCUT2D eigenvalue weighted by molar-refractivity contribution is 6.02. The summed E-state index contributed by atoms with van der Waals surface area (Å²) in [6.45, 7) is 0.676. The molecule has 6 heteroatoms. The van der Waals surface area contributed by atoms with Gasteiger partial charge in [-0.2, -0.15) is 0 Å². The predicted octanol–water partition coefficient (Wildman–Crippen LogP) is 2.55. The highest BCUT2D eigenvalue weighted by Crippen LogP contribution is 2.25. The van der Waals surface area contributed by atoms with E-state index < -0.39 is 0 Å². The molecule has 3 aromatic rings. The number of nitrogens with one attached hydrogen (secondary N) is 1. The van der Waals surface area contributed by atoms with Crippen LogP contribution in [0.5, 0.6) is 0 Å². The van der Waals surface area contributed by atoms with Crippen molar-refractivity contribution in [2.24, 2.45) is 0 Å². The van der Waals surface area contributed by atoms with Crippen molar-refractivity contribution in [2.75, 3.05) is 11.9 Å². The van der Waals surface area contributed by atoms with Crippen molar-refractivity contribution in [3.05, 3.63) is 83.7 Å². The summed E-state index contributed by atoms with van der Waals surface area (Å²) in [5.74, 6) is -0.0684. The average Bonchev–Trinajstić information content (AvgIpc) is 3.12. The van der Waals surface area contributed by atoms with E-state index in [-0.39, 0.29) is 12.1 Å². The maximum atomic E-state index is 12.3. The molecule has 1 aliphatic heterocycles. The van der Waals surface area contributed by atoms with Gasteiger partial charge in [0.25, 0.3) is 5.91 Å². The Morgan fingerprint density at radius 3 is 2.73 bits per heavy atom. The molecule has 2 aromatic carbocycles. The number of fused-ring (bicyclic) bond motifs is 1. The fraction of sp³-hybridized carbons (Fsp3) is 0.150. The molecule has 0 saturated carbocycles. The van der Waals surface area contributed by atoms with E-state index >= 15 is 0 Å². The van der Waals surface area contributed by atoms with E-state index in [1.54, 1.807) is 4.68 Å². The zero-order chi connectivity index (χ0) is 17.9. The molecule has 1 N–H and O–H groups in total. The number of rotatable bonds is 4. The van der Waals surface area contributed by atoms with Crippen LogP contribution in [0.25, 0.3) is 6.08 Å². The first-order valence-corrected chi connectivity index (χ1v) is 8.46. The molecule has 0 spiro atoms. The first kappa shape index (κ1) is 16.1. The van der Waals surface area contributed by atoms with Gasteiger partial charge < -0.3 is 10.2 Å². The lowest BCUT2D eigenvalue weighted by Crippen LogP contribution is -2.49. The predicted molar refractivity (Wildman–Crippen MR) is 101 cm³/mol. The minimum Gasteiger partial charge on any atom is -0.350 e. The second kappa shape index (κ2) is 6.84. The molecule has 2 heterocycles. The van der Waals surface area contributed by atoms with Gasteiger partial charge in [-0.3, -0.25) is 4.79 Å². The van der Waals surface area contributed by atoms with Gasteiger partial charge >= 0.3 is 0 Å². The second-order valence-corrected chi connectivity index (χ2v) is 6.23. The molecule has 1 aromatic heterocycles. The third kappa shape index (κ3) is 3.21. The van der Waals surface area contributed by atoms with Crippen LogP contribution in [0.4, 0.5) is 5.69 Å². The van der Waals surface area contributed by atoms with Crippen molar-refractivity contribution in [3.8, 4) is 0 Å². The van der Waals surface area contributed by atoms with Gasteiger partial charge in [0.1, 0.15) is 11.9 Å². The van der Waals surface area contributed by atoms with Crippen LogP contribution in [0.1, 0.15) is 21.6 Å². The number of carbonyl (C=O) groups excluding carboxylic acids is 1. The summed E-state index contributed by atoms with van der Waals surface area (Å²) in [4.78, 5) is 14.3. The number of likely N-dealkylation sites (N-methyl/N-ethyl adjacent to an activating group) is 1. The van der Waals surface area contributed by atoms with E-state index in [1.165, 1.54) is 5.56 Å². The fourth-order valence-electron chi connectivity index (χ4n) is 3.04. The number of benzene rings is 2. The van der Waals surface area contributed by atoms with Crippen LogP contribution >= 0.6 is 0 Å². The van der Waals surface area contributed by atoms with E-state index in [4.69, 9.17) is 0 Å². The van der Waals surface area contributed by atoms with Gasteiger partial charge in [0.15, 0.2) is 0 Å². The Balaban J connectivity index is 1.48. The number of hydrogen-bond donors (Lipinski definition) is 1. The van der Waals surface area contributed by atoms with Crippen molar-refractivity contribution in [1.29, 1.82) is 0 Å². The van der Waals surface area contributed by atoms with Crippen molar-refractivity contribution >= 4 is 17.7 Å². The molecule has 4 rings (SSSR count). The summed E-state index contributed by atoms with van der Waals surface area (Å²) in [7, 11) is 1.96. The largest absolute Gasteiger partial charge is 0.350 e. The molecule has 1 atom stereocenters. The highest BCUT2D eigenvalue weighted by Gasteiger charge is 2.26. The topological polar surface area (TPSA) is 63.1 Å². The Morgan fingerprint density at radius 1 is 1.12 bits per heavy atom. The summed E-state index contributed by atoms with van der Waals surface area (Å²) in [6.07, 6.45) is 5.47. The van der Waals surface area contributed by atoms with E-state index in [0.29, 0.717) is 12.1 Å². The molecule has 1 amide bonds. The first-order valence-electron chi connectivity index (χ1n) is 8.46. The van der Waals surface area contributed by atoms with Crippen LogP contribution < -0.4 is 10.2 Å². The molecule has 1 aliphatic rings. The molecular formula is C20H19N5O. The Hall–Kier alpha value is -3.41. The van der Waals surface area contributed by atoms with Gasteiger partial charge in [-0.05, 0) is 29.8 Å². The van der Waals surface area contributed by atoms with Gasteiger partial charge in [-0.1, -0.05) is 47.7 Å². The Morgan fingerprint density at radius 2 is 1.88 bits per heavy atom. The normalized spacial score (nSPS) is 16.6. The van der Waals surface area contributed by atoms with Crippen LogP contribution in [0.15, 0.2) is 66.9 Å². The van der Waals surface area contributed by atoms with Crippen molar-refractivity contribution < 1.29 is 4.79 Å². The minimum atomic E-state index is -0.225. The van der Waals surface area contributed by atoms with E-state index in [2.05, 4.69) is 27.8 Å². The third-order valence-electron chi connectivity index (χ3n) is 4.42. The van der Waals surface area contributed by atoms with Gasteiger partial charge in [-0.15, -0.1) is 5.10 Å². The average molecular weight is 345 g/mol. The monoisotopic (exact) mass is 345 g/mol. The number of nitrogens with zero attached hydrogens (tertiary/aromatic N) is 4. The zero-order valence-corrected chi connectivity index (χ0v) is 14.4. The molecule has 0 radical (unpaired) electrons. The number of hydrogen-bond acceptors (Lipinski definition) is 4. The summed E-state index contributed by atoms with van der Waals surface area (Å²) in [6, 6.07) is 17.7. The Labute approximate surface area is 151 Å². The summed E-state index contributed by atoms with van der Waals surface area (Å²) in [5, 5.41) is 11.3. The molecule has 6 nitrogen and oxygen atoms in total. The van der Waals surface area contributed by atoms with Crippen LogP contribution in [0.2, 0.25) is 0 Å². The molecule has 0 aliphatic carbocycles. The fourth-order valence-corrected chi connectivity index (χ4v) is 3.04. The molecule has 0 saturated heterocycles. The Kier molecular flexibility index (Phi) is 4.23. The molecule has 26 heavy (non-hydrogen) atoms. The second-order valence-electron chi connectivity index (χ2n) is 6.23. The number of anilines is 1. The summed E-state index contributed by atoms with van der Waals surface area (Å²) in [5.41, 5.74) is 3.53. The van der Waals surface area contributed by atoms with Crippen LogP contribution in [0.3, 0.4) is 0 Å². The maximum Gasteiger partial charge on any atom is 0.255 e. The number of carbonyl (C=O) groups is 1. The van der Waals surface area contributed by atoms with Gasteiger partial charge in [0.2, 0.25) is 0 Å². The standard InChI is InChI=1S/C20H19N5O/c1-24-18-10-6-5-9-17(18)20(26)21-19(24)12-11-16-14-25(23-22-16)13-15-7-3-2-4-8-15/h2-12,14,19H,13H2,1H3,(H,21,26)/b12-11+/t19-/m0/s1. The minimum absolute atomic E-state index is 0.0684. The first-order chi connectivity index (χ1) is 12.7. The number of para-hydroxylation sites is 1. The van der Waals surface area contributed by atoms with Gasteiger partial charge in [0, 0.05) is 7.05 Å². The number of amides is 1. The molecule has 0 bridgehead atoms. The molecule has 0 fully saturated rings. The van der Waals surface area contributed by atoms with E-state index in [9.17, 15) is 4.79 Å². The van der Waals surface area contributed by atoms with Gasteiger partial charge in [-0.25, -0.2) is 4.68 Å². The van der Waals surface area contributed by atoms with Crippen molar-refractivity contribution in [1.82, 2.24) is 20.3 Å². The smallest absolute Gasteiger partial charge is 0.255 e.